The second kappa shape index (κ2) is 8.43. The highest BCUT2D eigenvalue weighted by molar-refractivity contribution is 7.89. The molecule has 3 unspecified atom stereocenters. The number of rotatable bonds is 6. The molecule has 144 valence electrons. The van der Waals surface area contributed by atoms with Crippen LogP contribution in [0.25, 0.3) is 0 Å². The van der Waals surface area contributed by atoms with E-state index in [4.69, 9.17) is 9.47 Å². The summed E-state index contributed by atoms with van der Waals surface area (Å²) in [5.74, 6) is -0.859. The van der Waals surface area contributed by atoms with Gasteiger partial charge in [0.05, 0.1) is 30.3 Å². The molecule has 1 aromatic carbocycles. The summed E-state index contributed by atoms with van der Waals surface area (Å²) in [4.78, 5) is 11.9. The van der Waals surface area contributed by atoms with E-state index in [1.54, 1.807) is 0 Å². The number of hydrogen-bond acceptors (Lipinski definition) is 5. The Morgan fingerprint density at radius 1 is 1.19 bits per heavy atom. The molecule has 1 aliphatic carbocycles. The Balaban J connectivity index is 1.43. The fourth-order valence-corrected chi connectivity index (χ4v) is 4.38. The molecule has 2 fully saturated rings. The van der Waals surface area contributed by atoms with Crippen LogP contribution in [0.2, 0.25) is 0 Å². The Bertz CT molecular complexity index is 742. The van der Waals surface area contributed by atoms with Crippen molar-refractivity contribution in [3.8, 4) is 0 Å². The van der Waals surface area contributed by atoms with Gasteiger partial charge in [-0.25, -0.2) is 17.5 Å². The van der Waals surface area contributed by atoms with E-state index in [9.17, 15) is 17.6 Å². The molecule has 1 aliphatic heterocycles. The summed E-state index contributed by atoms with van der Waals surface area (Å²) in [5.41, 5.74) is 0. The first-order chi connectivity index (χ1) is 12.4. The third kappa shape index (κ3) is 5.00. The molecule has 2 aliphatic rings. The average molecular weight is 386 g/mol. The molecule has 1 saturated heterocycles. The molecule has 7 nitrogen and oxygen atoms in total. The fourth-order valence-electron chi connectivity index (χ4n) is 3.31. The molecule has 0 bridgehead atoms. The van der Waals surface area contributed by atoms with Crippen molar-refractivity contribution in [2.75, 3.05) is 19.8 Å². The Morgan fingerprint density at radius 2 is 1.96 bits per heavy atom. The molecular formula is C17H23FN2O5S. The van der Waals surface area contributed by atoms with Crippen LogP contribution in [0, 0.1) is 5.82 Å². The van der Waals surface area contributed by atoms with Gasteiger partial charge in [0.1, 0.15) is 5.82 Å². The molecule has 26 heavy (non-hydrogen) atoms. The van der Waals surface area contributed by atoms with Crippen LogP contribution in [-0.4, -0.2) is 52.3 Å². The number of sulfonamides is 1. The number of benzene rings is 1. The van der Waals surface area contributed by atoms with Crippen molar-refractivity contribution in [3.05, 3.63) is 30.1 Å². The summed E-state index contributed by atoms with van der Waals surface area (Å²) in [7, 11) is -3.83. The van der Waals surface area contributed by atoms with Crippen LogP contribution in [0.5, 0.6) is 0 Å². The van der Waals surface area contributed by atoms with Crippen LogP contribution in [0.4, 0.5) is 4.39 Å². The van der Waals surface area contributed by atoms with Crippen molar-refractivity contribution in [1.29, 1.82) is 0 Å². The van der Waals surface area contributed by atoms with Crippen molar-refractivity contribution in [2.45, 2.75) is 48.8 Å². The Morgan fingerprint density at radius 3 is 2.73 bits per heavy atom. The maximum atomic E-state index is 13.2. The fraction of sp³-hybridized carbons (Fsp3) is 0.588. The zero-order valence-electron chi connectivity index (χ0n) is 14.3. The van der Waals surface area contributed by atoms with Crippen LogP contribution in [0.3, 0.4) is 0 Å². The predicted molar refractivity (Wildman–Crippen MR) is 91.5 cm³/mol. The van der Waals surface area contributed by atoms with Gasteiger partial charge in [0.25, 0.3) is 0 Å². The van der Waals surface area contributed by atoms with Gasteiger partial charge in [-0.1, -0.05) is 6.07 Å². The zero-order chi connectivity index (χ0) is 18.6. The van der Waals surface area contributed by atoms with E-state index in [0.29, 0.717) is 19.6 Å². The summed E-state index contributed by atoms with van der Waals surface area (Å²) < 4.78 is 50.9. The number of amides is 1. The molecule has 3 rings (SSSR count). The van der Waals surface area contributed by atoms with Gasteiger partial charge in [0.15, 0.2) is 0 Å². The lowest BCUT2D eigenvalue weighted by atomic mass is 9.89. The van der Waals surface area contributed by atoms with E-state index in [2.05, 4.69) is 10.0 Å². The highest BCUT2D eigenvalue weighted by Gasteiger charge is 2.34. The minimum atomic E-state index is -3.83. The lowest BCUT2D eigenvalue weighted by molar-refractivity contribution is -0.158. The summed E-state index contributed by atoms with van der Waals surface area (Å²) in [6.45, 7) is 1.14. The molecule has 1 amide bonds. The Kier molecular flexibility index (Phi) is 6.23. The van der Waals surface area contributed by atoms with E-state index in [1.165, 1.54) is 18.2 Å². The van der Waals surface area contributed by atoms with Gasteiger partial charge < -0.3 is 14.8 Å². The maximum absolute atomic E-state index is 13.2. The van der Waals surface area contributed by atoms with Gasteiger partial charge in [0, 0.05) is 19.0 Å². The Labute approximate surface area is 152 Å². The average Bonchev–Trinajstić information content (AvgIpc) is 2.61. The number of nitrogens with one attached hydrogen (secondary N) is 2. The predicted octanol–water partition coefficient (Wildman–Crippen LogP) is 0.947. The SMILES string of the molecule is O=C(CCNS(=O)(=O)c1cccc(F)c1)NC1CCC2OCCOC2C1. The summed E-state index contributed by atoms with van der Waals surface area (Å²) in [6.07, 6.45) is 2.47. The van der Waals surface area contributed by atoms with Crippen molar-refractivity contribution >= 4 is 15.9 Å². The Hall–Kier alpha value is -1.55. The van der Waals surface area contributed by atoms with Crippen LogP contribution in [0.15, 0.2) is 29.2 Å². The van der Waals surface area contributed by atoms with Gasteiger partial charge in [-0.2, -0.15) is 0 Å². The highest BCUT2D eigenvalue weighted by Crippen LogP contribution is 2.26. The normalized spacial score (nSPS) is 26.1. The van der Waals surface area contributed by atoms with Crippen LogP contribution < -0.4 is 10.0 Å². The van der Waals surface area contributed by atoms with Crippen LogP contribution in [-0.2, 0) is 24.3 Å². The standard InChI is InChI=1S/C17H23FN2O5S/c18-12-2-1-3-14(10-12)26(22,23)19-7-6-17(21)20-13-4-5-15-16(11-13)25-9-8-24-15/h1-3,10,13,15-16,19H,4-9,11H2,(H,20,21). The van der Waals surface area contributed by atoms with E-state index in [1.807, 2.05) is 0 Å². The first kappa shape index (κ1) is 19.2. The van der Waals surface area contributed by atoms with Gasteiger partial charge >= 0.3 is 0 Å². The van der Waals surface area contributed by atoms with Crippen molar-refractivity contribution in [2.24, 2.45) is 0 Å². The second-order valence-corrected chi connectivity index (χ2v) is 8.27. The number of ether oxygens (including phenoxy) is 2. The largest absolute Gasteiger partial charge is 0.373 e. The molecule has 1 aromatic rings. The summed E-state index contributed by atoms with van der Waals surface area (Å²) in [5, 5.41) is 2.92. The third-order valence-corrected chi connectivity index (χ3v) is 6.05. The molecule has 0 aromatic heterocycles. The monoisotopic (exact) mass is 386 g/mol. The van der Waals surface area contributed by atoms with E-state index in [0.717, 1.165) is 18.9 Å². The summed E-state index contributed by atoms with van der Waals surface area (Å²) in [6, 6.07) is 4.74. The number of carbonyl (C=O) groups is 1. The number of fused-ring (bicyclic) bond motifs is 1. The van der Waals surface area contributed by atoms with Gasteiger partial charge in [-0.15, -0.1) is 0 Å². The third-order valence-electron chi connectivity index (χ3n) is 4.59. The molecule has 9 heteroatoms. The van der Waals surface area contributed by atoms with Crippen LogP contribution >= 0.6 is 0 Å². The highest BCUT2D eigenvalue weighted by atomic mass is 32.2. The first-order valence-electron chi connectivity index (χ1n) is 8.72. The van der Waals surface area contributed by atoms with Gasteiger partial charge in [-0.05, 0) is 37.5 Å². The van der Waals surface area contributed by atoms with Crippen molar-refractivity contribution < 1.29 is 27.1 Å². The summed E-state index contributed by atoms with van der Waals surface area (Å²) >= 11 is 0. The van der Waals surface area contributed by atoms with E-state index >= 15 is 0 Å². The smallest absolute Gasteiger partial charge is 0.240 e. The molecule has 0 spiro atoms. The minimum absolute atomic E-state index is 0.00489. The van der Waals surface area contributed by atoms with E-state index in [-0.39, 0.29) is 42.0 Å². The quantitative estimate of drug-likeness (QED) is 0.759. The number of hydrogen-bond donors (Lipinski definition) is 2. The zero-order valence-corrected chi connectivity index (χ0v) is 15.1. The van der Waals surface area contributed by atoms with Crippen molar-refractivity contribution in [3.63, 3.8) is 0 Å². The molecule has 0 radical (unpaired) electrons. The van der Waals surface area contributed by atoms with Crippen LogP contribution in [0.1, 0.15) is 25.7 Å². The first-order valence-corrected chi connectivity index (χ1v) is 10.2. The lowest BCUT2D eigenvalue weighted by Gasteiger charge is -2.39. The molecular weight excluding hydrogens is 363 g/mol. The number of carbonyl (C=O) groups excluding carboxylic acids is 1. The molecule has 1 saturated carbocycles. The van der Waals surface area contributed by atoms with E-state index < -0.39 is 15.8 Å². The number of halogens is 1. The lowest BCUT2D eigenvalue weighted by Crippen LogP contribution is -2.49. The maximum Gasteiger partial charge on any atom is 0.240 e. The molecule has 3 atom stereocenters. The van der Waals surface area contributed by atoms with Gasteiger partial charge in [0.2, 0.25) is 15.9 Å². The molecule has 1 heterocycles. The minimum Gasteiger partial charge on any atom is -0.373 e. The van der Waals surface area contributed by atoms with Gasteiger partial charge in [-0.3, -0.25) is 4.79 Å². The van der Waals surface area contributed by atoms with Crippen molar-refractivity contribution in [1.82, 2.24) is 10.0 Å². The topological polar surface area (TPSA) is 93.7 Å². The second-order valence-electron chi connectivity index (χ2n) is 6.50. The molecule has 2 N–H and O–H groups in total.